The molecule has 0 unspecified atom stereocenters. The van der Waals surface area contributed by atoms with E-state index in [1.807, 2.05) is 30.3 Å². The van der Waals surface area contributed by atoms with Gasteiger partial charge in [-0.2, -0.15) is 5.26 Å². The Labute approximate surface area is 180 Å². The van der Waals surface area contributed by atoms with Crippen LogP contribution in [0.2, 0.25) is 0 Å². The van der Waals surface area contributed by atoms with E-state index < -0.39 is 0 Å². The van der Waals surface area contributed by atoms with Crippen molar-refractivity contribution in [2.75, 3.05) is 24.3 Å². The molecule has 0 fully saturated rings. The Kier molecular flexibility index (Phi) is 7.22. The zero-order valence-electron chi connectivity index (χ0n) is 17.0. The van der Waals surface area contributed by atoms with Gasteiger partial charge in [0.1, 0.15) is 5.75 Å². The maximum atomic E-state index is 12.5. The van der Waals surface area contributed by atoms with Crippen molar-refractivity contribution in [3.05, 3.63) is 89.5 Å². The fourth-order valence-electron chi connectivity index (χ4n) is 2.90. The minimum Gasteiger partial charge on any atom is -0.497 e. The number of ether oxygens (including phenoxy) is 1. The number of carbonyl (C=O) groups excluding carboxylic acids is 2. The molecule has 0 saturated carbocycles. The summed E-state index contributed by atoms with van der Waals surface area (Å²) in [5.41, 5.74) is 2.96. The summed E-state index contributed by atoms with van der Waals surface area (Å²) < 4.78 is 5.13. The van der Waals surface area contributed by atoms with Gasteiger partial charge in [0.05, 0.1) is 18.7 Å². The third-order valence-electron chi connectivity index (χ3n) is 4.49. The minimum absolute atomic E-state index is 0.335. The zero-order chi connectivity index (χ0) is 22.1. The largest absolute Gasteiger partial charge is 0.497 e. The molecule has 3 aromatic rings. The maximum absolute atomic E-state index is 12.5. The molecule has 0 spiro atoms. The lowest BCUT2D eigenvalue weighted by Crippen LogP contribution is -2.30. The SMILES string of the molecule is COc1ccc(CCNC(=O)Nc2cccc(C(=O)Nc3cccc(C#N)c3)c2)cc1. The second-order valence-electron chi connectivity index (χ2n) is 6.71. The molecule has 7 heteroatoms. The summed E-state index contributed by atoms with van der Waals surface area (Å²) in [7, 11) is 1.62. The molecule has 0 aromatic heterocycles. The molecule has 156 valence electrons. The highest BCUT2D eigenvalue weighted by atomic mass is 16.5. The van der Waals surface area contributed by atoms with E-state index in [2.05, 4.69) is 16.0 Å². The Bertz CT molecular complexity index is 1100. The molecule has 3 aromatic carbocycles. The molecule has 0 saturated heterocycles. The smallest absolute Gasteiger partial charge is 0.319 e. The average molecular weight is 414 g/mol. The number of nitriles is 1. The Hall–Kier alpha value is -4.31. The van der Waals surface area contributed by atoms with Crippen molar-refractivity contribution in [1.82, 2.24) is 5.32 Å². The number of hydrogen-bond donors (Lipinski definition) is 3. The van der Waals surface area contributed by atoms with Crippen molar-refractivity contribution in [3.8, 4) is 11.8 Å². The maximum Gasteiger partial charge on any atom is 0.319 e. The fourth-order valence-corrected chi connectivity index (χ4v) is 2.90. The monoisotopic (exact) mass is 414 g/mol. The molecule has 0 aliphatic heterocycles. The van der Waals surface area contributed by atoms with Gasteiger partial charge < -0.3 is 20.7 Å². The number of carbonyl (C=O) groups is 2. The first-order chi connectivity index (χ1) is 15.1. The number of methoxy groups -OCH3 is 1. The number of benzene rings is 3. The van der Waals surface area contributed by atoms with Crippen LogP contribution in [0.3, 0.4) is 0 Å². The van der Waals surface area contributed by atoms with Gasteiger partial charge in [0.25, 0.3) is 5.91 Å². The summed E-state index contributed by atoms with van der Waals surface area (Å²) in [5.74, 6) is 0.454. The standard InChI is InChI=1S/C24H22N4O3/c1-31-22-10-8-17(9-11-22)12-13-26-24(30)28-21-7-3-5-19(15-21)23(29)27-20-6-2-4-18(14-20)16-25/h2-11,14-15H,12-13H2,1H3,(H,27,29)(H2,26,28,30). The molecule has 0 radical (unpaired) electrons. The van der Waals surface area contributed by atoms with Crippen molar-refractivity contribution in [2.24, 2.45) is 0 Å². The Morgan fingerprint density at radius 2 is 1.65 bits per heavy atom. The number of amides is 3. The van der Waals surface area contributed by atoms with Gasteiger partial charge in [-0.15, -0.1) is 0 Å². The third-order valence-corrected chi connectivity index (χ3v) is 4.49. The lowest BCUT2D eigenvalue weighted by Gasteiger charge is -2.10. The Morgan fingerprint density at radius 3 is 2.35 bits per heavy atom. The normalized spacial score (nSPS) is 9.94. The van der Waals surface area contributed by atoms with Crippen molar-refractivity contribution in [1.29, 1.82) is 5.26 Å². The van der Waals surface area contributed by atoms with Gasteiger partial charge in [-0.05, 0) is 60.5 Å². The molecule has 0 aliphatic rings. The Morgan fingerprint density at radius 1 is 0.935 bits per heavy atom. The van der Waals surface area contributed by atoms with E-state index in [0.717, 1.165) is 11.3 Å². The highest BCUT2D eigenvalue weighted by Crippen LogP contribution is 2.15. The van der Waals surface area contributed by atoms with Gasteiger partial charge in [0.2, 0.25) is 0 Å². The highest BCUT2D eigenvalue weighted by molar-refractivity contribution is 6.05. The molecule has 0 bridgehead atoms. The number of urea groups is 1. The van der Waals surface area contributed by atoms with Crippen LogP contribution in [0.15, 0.2) is 72.8 Å². The second kappa shape index (κ2) is 10.5. The summed E-state index contributed by atoms with van der Waals surface area (Å²) in [5, 5.41) is 17.2. The van der Waals surface area contributed by atoms with Crippen LogP contribution in [0, 0.1) is 11.3 Å². The van der Waals surface area contributed by atoms with Gasteiger partial charge in [0, 0.05) is 23.5 Å². The van der Waals surface area contributed by atoms with Gasteiger partial charge >= 0.3 is 6.03 Å². The number of hydrogen-bond acceptors (Lipinski definition) is 4. The van der Waals surface area contributed by atoms with Gasteiger partial charge in [-0.1, -0.05) is 24.3 Å². The van der Waals surface area contributed by atoms with Gasteiger partial charge in [-0.3, -0.25) is 4.79 Å². The molecular weight excluding hydrogens is 392 g/mol. The molecule has 7 nitrogen and oxygen atoms in total. The second-order valence-corrected chi connectivity index (χ2v) is 6.71. The van der Waals surface area contributed by atoms with Crippen molar-refractivity contribution in [3.63, 3.8) is 0 Å². The number of rotatable bonds is 7. The van der Waals surface area contributed by atoms with E-state index in [4.69, 9.17) is 10.00 Å². The lowest BCUT2D eigenvalue weighted by molar-refractivity contribution is 0.102. The van der Waals surface area contributed by atoms with Crippen molar-refractivity contribution in [2.45, 2.75) is 6.42 Å². The predicted molar refractivity (Wildman–Crippen MR) is 119 cm³/mol. The molecule has 31 heavy (non-hydrogen) atoms. The molecule has 3 amide bonds. The van der Waals surface area contributed by atoms with Crippen LogP contribution >= 0.6 is 0 Å². The first-order valence-corrected chi connectivity index (χ1v) is 9.67. The molecule has 0 atom stereocenters. The molecule has 3 rings (SSSR count). The summed E-state index contributed by atoms with van der Waals surface area (Å²) in [4.78, 5) is 24.7. The van der Waals surface area contributed by atoms with Crippen LogP contribution in [0.4, 0.5) is 16.2 Å². The van der Waals surface area contributed by atoms with Crippen LogP contribution in [0.1, 0.15) is 21.5 Å². The quantitative estimate of drug-likeness (QED) is 0.539. The van der Waals surface area contributed by atoms with E-state index in [1.165, 1.54) is 0 Å². The highest BCUT2D eigenvalue weighted by Gasteiger charge is 2.09. The zero-order valence-corrected chi connectivity index (χ0v) is 17.0. The van der Waals surface area contributed by atoms with Crippen LogP contribution < -0.4 is 20.7 Å². The lowest BCUT2D eigenvalue weighted by atomic mass is 10.1. The molecule has 0 heterocycles. The number of nitrogens with zero attached hydrogens (tertiary/aromatic N) is 1. The molecular formula is C24H22N4O3. The van der Waals surface area contributed by atoms with E-state index >= 15 is 0 Å². The Balaban J connectivity index is 1.52. The van der Waals surface area contributed by atoms with Crippen LogP contribution in [-0.4, -0.2) is 25.6 Å². The van der Waals surface area contributed by atoms with E-state index in [9.17, 15) is 9.59 Å². The molecule has 3 N–H and O–H groups in total. The van der Waals surface area contributed by atoms with Crippen molar-refractivity contribution >= 4 is 23.3 Å². The molecule has 0 aliphatic carbocycles. The van der Waals surface area contributed by atoms with E-state index in [0.29, 0.717) is 35.5 Å². The van der Waals surface area contributed by atoms with Gasteiger partial charge in [-0.25, -0.2) is 4.79 Å². The van der Waals surface area contributed by atoms with Crippen LogP contribution in [0.5, 0.6) is 5.75 Å². The van der Waals surface area contributed by atoms with E-state index in [-0.39, 0.29) is 11.9 Å². The predicted octanol–water partition coefficient (Wildman–Crippen LogP) is 4.18. The summed E-state index contributed by atoms with van der Waals surface area (Å²) in [6, 6.07) is 22.6. The summed E-state index contributed by atoms with van der Waals surface area (Å²) in [6.07, 6.45) is 0.682. The average Bonchev–Trinajstić information content (AvgIpc) is 2.80. The third kappa shape index (κ3) is 6.34. The van der Waals surface area contributed by atoms with Crippen LogP contribution in [0.25, 0.3) is 0 Å². The fraction of sp³-hybridized carbons (Fsp3) is 0.125. The number of nitrogens with one attached hydrogen (secondary N) is 3. The van der Waals surface area contributed by atoms with E-state index in [1.54, 1.807) is 55.6 Å². The summed E-state index contributed by atoms with van der Waals surface area (Å²) in [6.45, 7) is 0.466. The van der Waals surface area contributed by atoms with Gasteiger partial charge in [0.15, 0.2) is 0 Å². The summed E-state index contributed by atoms with van der Waals surface area (Å²) >= 11 is 0. The van der Waals surface area contributed by atoms with Crippen LogP contribution in [-0.2, 0) is 6.42 Å². The van der Waals surface area contributed by atoms with Crippen molar-refractivity contribution < 1.29 is 14.3 Å². The number of anilines is 2. The minimum atomic E-state index is -0.354. The first kappa shape index (κ1) is 21.4. The topological polar surface area (TPSA) is 103 Å². The first-order valence-electron chi connectivity index (χ1n) is 9.67.